The van der Waals surface area contributed by atoms with Gasteiger partial charge in [0.2, 0.25) is 0 Å². The molecule has 0 radical (unpaired) electrons. The molecule has 3 aromatic heterocycles. The molecule has 79 heavy (non-hydrogen) atoms. The summed E-state index contributed by atoms with van der Waals surface area (Å²) >= 11 is 0. The van der Waals surface area contributed by atoms with Gasteiger partial charge in [-0.3, -0.25) is 0 Å². The Bertz CT molecular complexity index is 4540. The SMILES string of the molecule is C1=CCCC(N(c2ccc3oc4ccc(N(c5ccccc5)c5ccccc5)cc4c3c2)c2ccc3oc4ccc(N(c5ccccc5)c5ccc6oc7ccc(N(c8ccccc8)c8ccccc8)cc7c6c5)cc4c3c2)=C1. The van der Waals surface area contributed by atoms with E-state index in [0.717, 1.165) is 141 Å². The molecule has 1 aliphatic carbocycles. The quantitative estimate of drug-likeness (QED) is 0.121. The molecule has 0 saturated carbocycles. The van der Waals surface area contributed by atoms with Crippen LogP contribution in [0.25, 0.3) is 65.8 Å². The molecule has 14 aromatic rings. The third kappa shape index (κ3) is 8.24. The van der Waals surface area contributed by atoms with Crippen LogP contribution >= 0.6 is 0 Å². The highest BCUT2D eigenvalue weighted by atomic mass is 16.3. The number of rotatable bonds is 12. The van der Waals surface area contributed by atoms with Crippen molar-refractivity contribution in [3.05, 3.63) is 285 Å². The van der Waals surface area contributed by atoms with Crippen LogP contribution in [0.4, 0.5) is 62.6 Å². The van der Waals surface area contributed by atoms with Gasteiger partial charge in [0.15, 0.2) is 0 Å². The summed E-state index contributed by atoms with van der Waals surface area (Å²) in [6.07, 6.45) is 8.50. The van der Waals surface area contributed by atoms with Crippen LogP contribution in [-0.4, -0.2) is 0 Å². The number of fused-ring (bicyclic) bond motifs is 9. The molecule has 7 heteroatoms. The molecule has 1 aliphatic rings. The van der Waals surface area contributed by atoms with E-state index >= 15 is 0 Å². The largest absolute Gasteiger partial charge is 0.456 e. The van der Waals surface area contributed by atoms with Gasteiger partial charge in [-0.15, -0.1) is 0 Å². The molecule has 0 atom stereocenters. The van der Waals surface area contributed by atoms with E-state index in [1.54, 1.807) is 0 Å². The summed E-state index contributed by atoms with van der Waals surface area (Å²) < 4.78 is 19.8. The average molecular weight is 1020 g/mol. The molecule has 0 fully saturated rings. The van der Waals surface area contributed by atoms with E-state index in [-0.39, 0.29) is 0 Å². The van der Waals surface area contributed by atoms with Crippen LogP contribution in [0.2, 0.25) is 0 Å². The van der Waals surface area contributed by atoms with E-state index < -0.39 is 0 Å². The molecule has 15 rings (SSSR count). The maximum atomic E-state index is 6.67. The van der Waals surface area contributed by atoms with Gasteiger partial charge in [-0.1, -0.05) is 103 Å². The molecule has 7 nitrogen and oxygen atoms in total. The van der Waals surface area contributed by atoms with Crippen LogP contribution in [-0.2, 0) is 0 Å². The second kappa shape index (κ2) is 19.3. The minimum atomic E-state index is 0.822. The molecule has 0 N–H and O–H groups in total. The molecule has 0 aliphatic heterocycles. The maximum Gasteiger partial charge on any atom is 0.135 e. The van der Waals surface area contributed by atoms with E-state index in [1.807, 2.05) is 0 Å². The molecule has 11 aromatic carbocycles. The lowest BCUT2D eigenvalue weighted by Gasteiger charge is -2.29. The Morgan fingerprint density at radius 1 is 0.241 bits per heavy atom. The van der Waals surface area contributed by atoms with Crippen molar-refractivity contribution in [3.8, 4) is 0 Å². The van der Waals surface area contributed by atoms with Gasteiger partial charge in [-0.05, 0) is 189 Å². The normalized spacial score (nSPS) is 12.5. The van der Waals surface area contributed by atoms with E-state index in [4.69, 9.17) is 13.3 Å². The zero-order valence-electron chi connectivity index (χ0n) is 43.0. The fourth-order valence-corrected chi connectivity index (χ4v) is 11.6. The summed E-state index contributed by atoms with van der Waals surface area (Å²) in [4.78, 5) is 9.31. The number of anilines is 11. The van der Waals surface area contributed by atoms with Gasteiger partial charge < -0.3 is 32.9 Å². The smallest absolute Gasteiger partial charge is 0.135 e. The van der Waals surface area contributed by atoms with Gasteiger partial charge in [-0.2, -0.15) is 0 Å². The molecule has 0 amide bonds. The predicted octanol–water partition coefficient (Wildman–Crippen LogP) is 21.2. The van der Waals surface area contributed by atoms with E-state index in [2.05, 4.69) is 299 Å². The van der Waals surface area contributed by atoms with E-state index in [9.17, 15) is 0 Å². The number of hydrogen-bond acceptors (Lipinski definition) is 7. The zero-order valence-corrected chi connectivity index (χ0v) is 43.0. The molecule has 3 heterocycles. The van der Waals surface area contributed by atoms with Crippen molar-refractivity contribution in [2.45, 2.75) is 12.8 Å². The van der Waals surface area contributed by atoms with Crippen molar-refractivity contribution in [2.75, 3.05) is 19.6 Å². The fourth-order valence-electron chi connectivity index (χ4n) is 11.6. The number of nitrogens with zero attached hydrogens (tertiary/aromatic N) is 4. The maximum absolute atomic E-state index is 6.67. The van der Waals surface area contributed by atoms with Crippen LogP contribution in [0.3, 0.4) is 0 Å². The molecular weight excluding hydrogens is 969 g/mol. The Kier molecular flexibility index (Phi) is 11.2. The summed E-state index contributed by atoms with van der Waals surface area (Å²) in [6, 6.07) is 91.9. The number of hydrogen-bond donors (Lipinski definition) is 0. The van der Waals surface area contributed by atoms with Crippen molar-refractivity contribution < 1.29 is 13.3 Å². The summed E-state index contributed by atoms with van der Waals surface area (Å²) in [5, 5.41) is 6.24. The molecular formula is C72H50N4O3. The Hall–Kier alpha value is -10.5. The van der Waals surface area contributed by atoms with Crippen LogP contribution in [0, 0.1) is 0 Å². The Morgan fingerprint density at radius 2 is 0.481 bits per heavy atom. The number of allylic oxidation sites excluding steroid dienone is 4. The minimum Gasteiger partial charge on any atom is -0.456 e. The Balaban J connectivity index is 0.838. The highest BCUT2D eigenvalue weighted by Crippen LogP contribution is 2.46. The van der Waals surface area contributed by atoms with Gasteiger partial charge in [0, 0.05) is 101 Å². The highest BCUT2D eigenvalue weighted by molar-refractivity contribution is 6.11. The Labute approximate surface area is 456 Å². The summed E-state index contributed by atoms with van der Waals surface area (Å²) in [5.74, 6) is 0. The third-order valence-corrected chi connectivity index (χ3v) is 15.2. The first kappa shape index (κ1) is 45.9. The lowest BCUT2D eigenvalue weighted by atomic mass is 10.0. The van der Waals surface area contributed by atoms with Crippen LogP contribution in [0.1, 0.15) is 12.8 Å². The zero-order chi connectivity index (χ0) is 52.2. The third-order valence-electron chi connectivity index (χ3n) is 15.2. The van der Waals surface area contributed by atoms with Crippen LogP contribution < -0.4 is 19.6 Å². The lowest BCUT2D eigenvalue weighted by molar-refractivity contribution is 0.668. The van der Waals surface area contributed by atoms with Gasteiger partial charge in [0.05, 0.1) is 0 Å². The Morgan fingerprint density at radius 3 is 0.722 bits per heavy atom. The van der Waals surface area contributed by atoms with Crippen molar-refractivity contribution in [2.24, 2.45) is 0 Å². The standard InChI is InChI=1S/C72H50N4O3/c1-7-19-49(20-8-1)73(50-21-9-2-10-22-50)55-31-37-67-61(43-55)63-45-57(33-39-69(63)77-67)75(53-27-15-5-16-28-53)59-35-41-71-65(47-59)66-48-60(36-42-72(66)79-71)76(54-29-17-6-18-30-54)58-34-40-70-64(46-58)62-44-56(32-38-68(62)78-70)74(51-23-11-3-12-24-51)52-25-13-4-14-26-52/h1-17,19-29,31-48H,18,30H2. The molecule has 0 unspecified atom stereocenters. The van der Waals surface area contributed by atoms with Crippen LogP contribution in [0.15, 0.2) is 298 Å². The second-order valence-corrected chi connectivity index (χ2v) is 20.0. The molecule has 376 valence electrons. The topological polar surface area (TPSA) is 52.4 Å². The van der Waals surface area contributed by atoms with E-state index in [0.29, 0.717) is 0 Å². The summed E-state index contributed by atoms with van der Waals surface area (Å²) in [7, 11) is 0. The highest BCUT2D eigenvalue weighted by Gasteiger charge is 2.23. The second-order valence-electron chi connectivity index (χ2n) is 20.0. The predicted molar refractivity (Wildman–Crippen MR) is 327 cm³/mol. The van der Waals surface area contributed by atoms with E-state index in [1.165, 1.54) is 5.70 Å². The first-order chi connectivity index (χ1) is 39.1. The van der Waals surface area contributed by atoms with Crippen molar-refractivity contribution in [3.63, 3.8) is 0 Å². The number of furan rings is 3. The number of benzene rings is 11. The van der Waals surface area contributed by atoms with Gasteiger partial charge in [-0.25, -0.2) is 0 Å². The number of para-hydroxylation sites is 5. The van der Waals surface area contributed by atoms with Crippen molar-refractivity contribution >= 4 is 128 Å². The molecule has 0 saturated heterocycles. The van der Waals surface area contributed by atoms with Gasteiger partial charge >= 0.3 is 0 Å². The van der Waals surface area contributed by atoms with Gasteiger partial charge in [0.25, 0.3) is 0 Å². The monoisotopic (exact) mass is 1020 g/mol. The average Bonchev–Trinajstić information content (AvgIpc) is 4.33. The van der Waals surface area contributed by atoms with Crippen LogP contribution in [0.5, 0.6) is 0 Å². The summed E-state index contributed by atoms with van der Waals surface area (Å²) in [5.41, 5.74) is 17.8. The fraction of sp³-hybridized carbons (Fsp3) is 0.0278. The molecule has 0 bridgehead atoms. The first-order valence-corrected chi connectivity index (χ1v) is 26.9. The van der Waals surface area contributed by atoms with Gasteiger partial charge in [0.1, 0.15) is 33.5 Å². The van der Waals surface area contributed by atoms with Crippen molar-refractivity contribution in [1.82, 2.24) is 0 Å². The van der Waals surface area contributed by atoms with Crippen molar-refractivity contribution in [1.29, 1.82) is 0 Å². The molecule has 0 spiro atoms. The minimum absolute atomic E-state index is 0.822. The summed E-state index contributed by atoms with van der Waals surface area (Å²) in [6.45, 7) is 0. The first-order valence-electron chi connectivity index (χ1n) is 26.9. The lowest BCUT2D eigenvalue weighted by Crippen LogP contribution is -2.17.